The van der Waals surface area contributed by atoms with Crippen molar-refractivity contribution >= 4 is 11.7 Å². The van der Waals surface area contributed by atoms with E-state index in [1.165, 1.54) is 25.3 Å². The molecule has 7 nitrogen and oxygen atoms in total. The lowest BCUT2D eigenvalue weighted by Crippen LogP contribution is -2.47. The van der Waals surface area contributed by atoms with Gasteiger partial charge in [-0.3, -0.25) is 4.79 Å². The molecule has 0 spiro atoms. The Balaban J connectivity index is 2.92. The van der Waals surface area contributed by atoms with Crippen molar-refractivity contribution in [3.8, 4) is 11.5 Å². The van der Waals surface area contributed by atoms with E-state index in [4.69, 9.17) is 15.7 Å². The molecule has 0 saturated carbocycles. The topological polar surface area (TPSA) is 117 Å². The Hall–Kier alpha value is -2.44. The van der Waals surface area contributed by atoms with E-state index >= 15 is 0 Å². The van der Waals surface area contributed by atoms with Crippen molar-refractivity contribution in [1.82, 2.24) is 5.32 Å². The molecule has 0 aliphatic rings. The van der Waals surface area contributed by atoms with Crippen molar-refractivity contribution in [1.29, 1.82) is 0 Å². The maximum absolute atomic E-state index is 12.1. The van der Waals surface area contributed by atoms with Gasteiger partial charge >= 0.3 is 0 Å². The monoisotopic (exact) mass is 281 g/mol. The van der Waals surface area contributed by atoms with Crippen LogP contribution in [-0.4, -0.2) is 35.2 Å². The van der Waals surface area contributed by atoms with E-state index in [2.05, 4.69) is 10.5 Å². The third-order valence-corrected chi connectivity index (χ3v) is 2.83. The van der Waals surface area contributed by atoms with Crippen LogP contribution in [0.5, 0.6) is 11.5 Å². The third kappa shape index (κ3) is 3.53. The number of amidine groups is 1. The number of hydrogen-bond donors (Lipinski definition) is 4. The molecule has 110 valence electrons. The first kappa shape index (κ1) is 15.6. The molecular weight excluding hydrogens is 262 g/mol. The van der Waals surface area contributed by atoms with Gasteiger partial charge in [0.25, 0.3) is 5.91 Å². The van der Waals surface area contributed by atoms with Crippen LogP contribution < -0.4 is 15.8 Å². The van der Waals surface area contributed by atoms with Crippen molar-refractivity contribution in [2.24, 2.45) is 16.8 Å². The number of aromatic hydroxyl groups is 1. The fourth-order valence-corrected chi connectivity index (χ4v) is 1.70. The third-order valence-electron chi connectivity index (χ3n) is 2.83. The molecule has 1 aromatic carbocycles. The quantitative estimate of drug-likeness (QED) is 0.277. The lowest BCUT2D eigenvalue weighted by atomic mass is 10.0. The van der Waals surface area contributed by atoms with Crippen LogP contribution in [0.1, 0.15) is 24.2 Å². The molecule has 0 bridgehead atoms. The Morgan fingerprint density at radius 1 is 1.45 bits per heavy atom. The van der Waals surface area contributed by atoms with Crippen molar-refractivity contribution in [2.75, 3.05) is 7.11 Å². The maximum atomic E-state index is 12.1. The summed E-state index contributed by atoms with van der Waals surface area (Å²) in [7, 11) is 1.42. The highest BCUT2D eigenvalue weighted by Crippen LogP contribution is 2.26. The van der Waals surface area contributed by atoms with Gasteiger partial charge in [-0.15, -0.1) is 0 Å². The number of carbonyl (C=O) groups is 1. The number of phenols is 1. The minimum atomic E-state index is -0.600. The van der Waals surface area contributed by atoms with Gasteiger partial charge in [0.1, 0.15) is 0 Å². The van der Waals surface area contributed by atoms with E-state index in [0.717, 1.165) is 0 Å². The van der Waals surface area contributed by atoms with Crippen LogP contribution in [0.3, 0.4) is 0 Å². The maximum Gasteiger partial charge on any atom is 0.252 e. The standard InChI is InChI=1S/C13H19N3O4/c1-7(2)11(12(14)16-19)15-13(18)8-4-5-10(20-3)9(17)6-8/h4-7,11,17,19H,1-3H3,(H2,14,16)(H,15,18). The summed E-state index contributed by atoms with van der Waals surface area (Å²) in [6.07, 6.45) is 0. The van der Waals surface area contributed by atoms with E-state index in [9.17, 15) is 9.90 Å². The molecular formula is C13H19N3O4. The molecule has 0 heterocycles. The number of hydrogen-bond acceptors (Lipinski definition) is 5. The molecule has 1 unspecified atom stereocenters. The second-order valence-corrected chi connectivity index (χ2v) is 4.61. The minimum absolute atomic E-state index is 0.0540. The van der Waals surface area contributed by atoms with Gasteiger partial charge in [0.05, 0.1) is 13.2 Å². The Morgan fingerprint density at radius 3 is 2.55 bits per heavy atom. The van der Waals surface area contributed by atoms with Gasteiger partial charge in [-0.25, -0.2) is 0 Å². The summed E-state index contributed by atoms with van der Waals surface area (Å²) in [5.41, 5.74) is 5.79. The van der Waals surface area contributed by atoms with Gasteiger partial charge in [-0.05, 0) is 24.1 Å². The molecule has 0 radical (unpaired) electrons. The van der Waals surface area contributed by atoms with E-state index in [1.54, 1.807) is 0 Å². The molecule has 1 amide bonds. The summed E-state index contributed by atoms with van der Waals surface area (Å²) in [6.45, 7) is 3.66. The molecule has 0 aliphatic heterocycles. The predicted molar refractivity (Wildman–Crippen MR) is 74.2 cm³/mol. The molecule has 7 heteroatoms. The Morgan fingerprint density at radius 2 is 2.10 bits per heavy atom. The smallest absolute Gasteiger partial charge is 0.252 e. The normalized spacial score (nSPS) is 13.1. The number of methoxy groups -OCH3 is 1. The lowest BCUT2D eigenvalue weighted by Gasteiger charge is -2.21. The van der Waals surface area contributed by atoms with Crippen molar-refractivity contribution in [3.05, 3.63) is 23.8 Å². The van der Waals surface area contributed by atoms with Gasteiger partial charge in [0, 0.05) is 5.56 Å². The van der Waals surface area contributed by atoms with Crippen molar-refractivity contribution in [2.45, 2.75) is 19.9 Å². The Labute approximate surface area is 117 Å². The zero-order chi connectivity index (χ0) is 15.3. The lowest BCUT2D eigenvalue weighted by molar-refractivity contribution is 0.0938. The summed E-state index contributed by atoms with van der Waals surface area (Å²) >= 11 is 0. The summed E-state index contributed by atoms with van der Waals surface area (Å²) in [6, 6.07) is 3.68. The summed E-state index contributed by atoms with van der Waals surface area (Å²) in [5, 5.41) is 23.9. The fourth-order valence-electron chi connectivity index (χ4n) is 1.70. The molecule has 20 heavy (non-hydrogen) atoms. The van der Waals surface area contributed by atoms with E-state index in [1.807, 2.05) is 13.8 Å². The minimum Gasteiger partial charge on any atom is -0.504 e. The van der Waals surface area contributed by atoms with Crippen LogP contribution in [0, 0.1) is 5.92 Å². The van der Waals surface area contributed by atoms with Crippen LogP contribution >= 0.6 is 0 Å². The number of benzene rings is 1. The second-order valence-electron chi connectivity index (χ2n) is 4.61. The molecule has 1 aromatic rings. The Kier molecular flexibility index (Phi) is 5.19. The first-order valence-electron chi connectivity index (χ1n) is 6.06. The summed E-state index contributed by atoms with van der Waals surface area (Å²) in [5.74, 6) is -0.426. The number of ether oxygens (including phenoxy) is 1. The highest BCUT2D eigenvalue weighted by atomic mass is 16.5. The molecule has 0 aromatic heterocycles. The summed E-state index contributed by atoms with van der Waals surface area (Å²) < 4.78 is 4.90. The number of nitrogens with one attached hydrogen (secondary N) is 1. The second kappa shape index (κ2) is 6.65. The number of carbonyl (C=O) groups excluding carboxylic acids is 1. The molecule has 0 saturated heterocycles. The summed E-state index contributed by atoms with van der Waals surface area (Å²) in [4.78, 5) is 12.1. The fraction of sp³-hybridized carbons (Fsp3) is 0.385. The van der Waals surface area contributed by atoms with E-state index in [0.29, 0.717) is 0 Å². The Bertz CT molecular complexity index is 514. The van der Waals surface area contributed by atoms with Crippen LogP contribution in [0.4, 0.5) is 0 Å². The van der Waals surface area contributed by atoms with E-state index in [-0.39, 0.29) is 28.8 Å². The van der Waals surface area contributed by atoms with Gasteiger partial charge in [0.2, 0.25) is 0 Å². The SMILES string of the molecule is COc1ccc(C(=O)NC(C(N)=NO)C(C)C)cc1O. The largest absolute Gasteiger partial charge is 0.504 e. The van der Waals surface area contributed by atoms with Crippen LogP contribution in [0.2, 0.25) is 0 Å². The highest BCUT2D eigenvalue weighted by Gasteiger charge is 2.21. The number of phenolic OH excluding ortho intramolecular Hbond substituents is 1. The van der Waals surface area contributed by atoms with Gasteiger partial charge in [-0.2, -0.15) is 0 Å². The number of nitrogens with zero attached hydrogens (tertiary/aromatic N) is 1. The zero-order valence-corrected chi connectivity index (χ0v) is 11.6. The van der Waals surface area contributed by atoms with Gasteiger partial charge < -0.3 is 26.1 Å². The highest BCUT2D eigenvalue weighted by molar-refractivity contribution is 5.98. The number of rotatable bonds is 5. The number of nitrogens with two attached hydrogens (primary N) is 1. The van der Waals surface area contributed by atoms with Crippen LogP contribution in [0.15, 0.2) is 23.4 Å². The number of amides is 1. The van der Waals surface area contributed by atoms with Crippen LogP contribution in [0.25, 0.3) is 0 Å². The average molecular weight is 281 g/mol. The predicted octanol–water partition coefficient (Wildman–Crippen LogP) is 0.902. The van der Waals surface area contributed by atoms with E-state index < -0.39 is 11.9 Å². The molecule has 0 fully saturated rings. The number of oxime groups is 1. The molecule has 1 atom stereocenters. The average Bonchev–Trinajstić information content (AvgIpc) is 2.43. The first-order valence-corrected chi connectivity index (χ1v) is 6.06. The van der Waals surface area contributed by atoms with Gasteiger partial charge in [-0.1, -0.05) is 19.0 Å². The van der Waals surface area contributed by atoms with Gasteiger partial charge in [0.15, 0.2) is 17.3 Å². The zero-order valence-electron chi connectivity index (χ0n) is 11.6. The molecule has 1 rings (SSSR count). The van der Waals surface area contributed by atoms with Crippen LogP contribution in [-0.2, 0) is 0 Å². The molecule has 0 aliphatic carbocycles. The first-order chi connectivity index (χ1) is 9.40. The van der Waals surface area contributed by atoms with Crippen molar-refractivity contribution < 1.29 is 19.8 Å². The molecule has 5 N–H and O–H groups in total. The van der Waals surface area contributed by atoms with Crippen molar-refractivity contribution in [3.63, 3.8) is 0 Å².